The summed E-state index contributed by atoms with van der Waals surface area (Å²) in [5.41, 5.74) is 0.767. The van der Waals surface area contributed by atoms with Crippen LogP contribution in [-0.4, -0.2) is 25.4 Å². The van der Waals surface area contributed by atoms with Gasteiger partial charge in [-0.05, 0) is 13.0 Å². The molecule has 0 saturated heterocycles. The Morgan fingerprint density at radius 1 is 1.36 bits per heavy atom. The molecule has 1 atom stereocenters. The topological polar surface area (TPSA) is 38.7 Å². The van der Waals surface area contributed by atoms with Crippen LogP contribution >= 0.6 is 0 Å². The third-order valence-electron chi connectivity index (χ3n) is 1.98. The highest BCUT2D eigenvalue weighted by Crippen LogP contribution is 2.24. The summed E-state index contributed by atoms with van der Waals surface area (Å²) in [5, 5.41) is 9.76. The maximum Gasteiger partial charge on any atom is 0.124 e. The molecule has 0 bridgehead atoms. The van der Waals surface area contributed by atoms with E-state index in [4.69, 9.17) is 9.47 Å². The number of aliphatic hydroxyl groups excluding tert-OH is 1. The van der Waals surface area contributed by atoms with Gasteiger partial charge in [0.2, 0.25) is 0 Å². The van der Waals surface area contributed by atoms with Crippen LogP contribution in [0.1, 0.15) is 18.6 Å². The first-order chi connectivity index (χ1) is 6.79. The second kappa shape index (κ2) is 5.62. The molecule has 0 saturated carbocycles. The van der Waals surface area contributed by atoms with E-state index in [1.807, 2.05) is 31.2 Å². The van der Waals surface area contributed by atoms with Crippen LogP contribution in [0.15, 0.2) is 24.3 Å². The van der Waals surface area contributed by atoms with Crippen molar-refractivity contribution in [1.82, 2.24) is 0 Å². The van der Waals surface area contributed by atoms with E-state index < -0.39 is 6.10 Å². The van der Waals surface area contributed by atoms with Crippen LogP contribution in [-0.2, 0) is 4.74 Å². The third kappa shape index (κ3) is 2.72. The molecule has 0 fully saturated rings. The number of para-hydroxylation sites is 1. The van der Waals surface area contributed by atoms with Gasteiger partial charge >= 0.3 is 0 Å². The van der Waals surface area contributed by atoms with Crippen molar-refractivity contribution in [3.05, 3.63) is 29.8 Å². The molecular formula is C11H16O3. The molecule has 0 spiro atoms. The van der Waals surface area contributed by atoms with Gasteiger partial charge in [-0.2, -0.15) is 0 Å². The monoisotopic (exact) mass is 196 g/mol. The first kappa shape index (κ1) is 11.0. The summed E-state index contributed by atoms with van der Waals surface area (Å²) in [7, 11) is 1.59. The van der Waals surface area contributed by atoms with E-state index in [0.717, 1.165) is 5.56 Å². The van der Waals surface area contributed by atoms with Gasteiger partial charge < -0.3 is 14.6 Å². The molecular weight excluding hydrogens is 180 g/mol. The van der Waals surface area contributed by atoms with Crippen LogP contribution in [0.4, 0.5) is 0 Å². The fourth-order valence-corrected chi connectivity index (χ4v) is 1.26. The highest BCUT2D eigenvalue weighted by molar-refractivity contribution is 5.34. The highest BCUT2D eigenvalue weighted by atomic mass is 16.5. The fourth-order valence-electron chi connectivity index (χ4n) is 1.26. The van der Waals surface area contributed by atoms with Crippen LogP contribution in [0.5, 0.6) is 5.75 Å². The normalized spacial score (nSPS) is 12.5. The second-order valence-electron chi connectivity index (χ2n) is 2.92. The third-order valence-corrected chi connectivity index (χ3v) is 1.98. The van der Waals surface area contributed by atoms with Crippen molar-refractivity contribution >= 4 is 0 Å². The van der Waals surface area contributed by atoms with Gasteiger partial charge in [0, 0.05) is 12.2 Å². The molecule has 1 aromatic carbocycles. The summed E-state index contributed by atoms with van der Waals surface area (Å²) in [6, 6.07) is 7.40. The molecule has 1 N–H and O–H groups in total. The van der Waals surface area contributed by atoms with E-state index >= 15 is 0 Å². The van der Waals surface area contributed by atoms with Crippen molar-refractivity contribution in [2.75, 3.05) is 20.3 Å². The lowest BCUT2D eigenvalue weighted by molar-refractivity contribution is 0.0407. The Hall–Kier alpha value is -1.06. The van der Waals surface area contributed by atoms with Crippen molar-refractivity contribution in [3.63, 3.8) is 0 Å². The van der Waals surface area contributed by atoms with Gasteiger partial charge in [-0.1, -0.05) is 18.2 Å². The first-order valence-electron chi connectivity index (χ1n) is 4.68. The van der Waals surface area contributed by atoms with Crippen LogP contribution < -0.4 is 4.74 Å². The van der Waals surface area contributed by atoms with Gasteiger partial charge in [0.1, 0.15) is 11.9 Å². The Morgan fingerprint density at radius 3 is 2.71 bits per heavy atom. The standard InChI is InChI=1S/C11H16O3/c1-3-14-8-10(12)9-6-4-5-7-11(9)13-2/h4-7,10,12H,3,8H2,1-2H3. The van der Waals surface area contributed by atoms with Gasteiger partial charge in [-0.3, -0.25) is 0 Å². The Labute approximate surface area is 84.3 Å². The van der Waals surface area contributed by atoms with E-state index in [-0.39, 0.29) is 0 Å². The average Bonchev–Trinajstić information content (AvgIpc) is 2.25. The Bertz CT molecular complexity index is 273. The lowest BCUT2D eigenvalue weighted by Gasteiger charge is -2.14. The molecule has 3 nitrogen and oxygen atoms in total. The summed E-state index contributed by atoms with van der Waals surface area (Å²) >= 11 is 0. The average molecular weight is 196 g/mol. The summed E-state index contributed by atoms with van der Waals surface area (Å²) < 4.78 is 10.3. The van der Waals surface area contributed by atoms with Crippen LogP contribution in [0.3, 0.4) is 0 Å². The summed E-state index contributed by atoms with van der Waals surface area (Å²) in [6.45, 7) is 2.80. The minimum atomic E-state index is -0.619. The molecule has 0 amide bonds. The van der Waals surface area contributed by atoms with Gasteiger partial charge in [-0.25, -0.2) is 0 Å². The number of ether oxygens (including phenoxy) is 2. The van der Waals surface area contributed by atoms with Crippen molar-refractivity contribution in [2.24, 2.45) is 0 Å². The maximum atomic E-state index is 9.76. The summed E-state index contributed by atoms with van der Waals surface area (Å²) in [6.07, 6.45) is -0.619. The van der Waals surface area contributed by atoms with Crippen LogP contribution in [0, 0.1) is 0 Å². The van der Waals surface area contributed by atoms with E-state index in [1.54, 1.807) is 7.11 Å². The summed E-state index contributed by atoms with van der Waals surface area (Å²) in [5.74, 6) is 0.694. The van der Waals surface area contributed by atoms with Crippen molar-refractivity contribution in [1.29, 1.82) is 0 Å². The molecule has 0 heterocycles. The molecule has 0 aliphatic heterocycles. The zero-order valence-corrected chi connectivity index (χ0v) is 8.56. The molecule has 1 unspecified atom stereocenters. The van der Waals surface area contributed by atoms with Gasteiger partial charge in [0.15, 0.2) is 0 Å². The smallest absolute Gasteiger partial charge is 0.124 e. The van der Waals surface area contributed by atoms with E-state index in [0.29, 0.717) is 19.0 Å². The Kier molecular flexibility index (Phi) is 4.43. The zero-order valence-electron chi connectivity index (χ0n) is 8.56. The molecule has 0 radical (unpaired) electrons. The predicted molar refractivity (Wildman–Crippen MR) is 54.4 cm³/mol. The molecule has 0 aliphatic carbocycles. The number of hydrogen-bond donors (Lipinski definition) is 1. The second-order valence-corrected chi connectivity index (χ2v) is 2.92. The van der Waals surface area contributed by atoms with Crippen LogP contribution in [0.25, 0.3) is 0 Å². The number of hydrogen-bond acceptors (Lipinski definition) is 3. The molecule has 1 aromatic rings. The molecule has 14 heavy (non-hydrogen) atoms. The van der Waals surface area contributed by atoms with Gasteiger partial charge in [0.25, 0.3) is 0 Å². The lowest BCUT2D eigenvalue weighted by Crippen LogP contribution is -2.08. The zero-order chi connectivity index (χ0) is 10.4. The minimum Gasteiger partial charge on any atom is -0.496 e. The summed E-state index contributed by atoms with van der Waals surface area (Å²) in [4.78, 5) is 0. The molecule has 3 heteroatoms. The van der Waals surface area contributed by atoms with Gasteiger partial charge in [-0.15, -0.1) is 0 Å². The quantitative estimate of drug-likeness (QED) is 0.780. The number of methoxy groups -OCH3 is 1. The molecule has 0 aliphatic rings. The van der Waals surface area contributed by atoms with Gasteiger partial charge in [0.05, 0.1) is 13.7 Å². The Morgan fingerprint density at radius 2 is 2.07 bits per heavy atom. The maximum absolute atomic E-state index is 9.76. The molecule has 0 aromatic heterocycles. The van der Waals surface area contributed by atoms with E-state index in [2.05, 4.69) is 0 Å². The number of aliphatic hydroxyl groups is 1. The van der Waals surface area contributed by atoms with E-state index in [1.165, 1.54) is 0 Å². The highest BCUT2D eigenvalue weighted by Gasteiger charge is 2.11. The van der Waals surface area contributed by atoms with E-state index in [9.17, 15) is 5.11 Å². The van der Waals surface area contributed by atoms with Crippen molar-refractivity contribution in [2.45, 2.75) is 13.0 Å². The fraction of sp³-hybridized carbons (Fsp3) is 0.455. The van der Waals surface area contributed by atoms with Crippen LogP contribution in [0.2, 0.25) is 0 Å². The van der Waals surface area contributed by atoms with Crippen molar-refractivity contribution < 1.29 is 14.6 Å². The van der Waals surface area contributed by atoms with Crippen molar-refractivity contribution in [3.8, 4) is 5.75 Å². The first-order valence-corrected chi connectivity index (χ1v) is 4.68. The lowest BCUT2D eigenvalue weighted by atomic mass is 10.1. The Balaban J connectivity index is 2.72. The largest absolute Gasteiger partial charge is 0.496 e. The minimum absolute atomic E-state index is 0.302. The predicted octanol–water partition coefficient (Wildman–Crippen LogP) is 1.77. The number of benzene rings is 1. The molecule has 78 valence electrons. The number of rotatable bonds is 5. The molecule has 1 rings (SSSR count). The SMILES string of the molecule is CCOCC(O)c1ccccc1OC.